The average Bonchev–Trinajstić information content (AvgIpc) is 2.98. The highest BCUT2D eigenvalue weighted by Gasteiger charge is 2.15. The minimum absolute atomic E-state index is 0.314. The normalized spacial score (nSPS) is 10.6. The number of rotatable bonds is 4. The maximum Gasteiger partial charge on any atom is 0.257 e. The van der Waals surface area contributed by atoms with E-state index in [1.54, 1.807) is 37.6 Å². The molecule has 0 atom stereocenters. The van der Waals surface area contributed by atoms with Gasteiger partial charge in [-0.3, -0.25) is 4.79 Å². The van der Waals surface area contributed by atoms with Gasteiger partial charge in [0.25, 0.3) is 5.91 Å². The van der Waals surface area contributed by atoms with Crippen molar-refractivity contribution in [3.05, 3.63) is 54.0 Å². The van der Waals surface area contributed by atoms with E-state index in [-0.39, 0.29) is 11.7 Å². The van der Waals surface area contributed by atoms with Crippen LogP contribution in [0, 0.1) is 5.82 Å². The summed E-state index contributed by atoms with van der Waals surface area (Å²) in [6, 6.07) is 9.34. The fourth-order valence-electron chi connectivity index (χ4n) is 2.38. The highest BCUT2D eigenvalue weighted by Crippen LogP contribution is 2.30. The van der Waals surface area contributed by atoms with E-state index in [0.29, 0.717) is 33.7 Å². The van der Waals surface area contributed by atoms with Gasteiger partial charge in [-0.1, -0.05) is 0 Å². The third-order valence-corrected chi connectivity index (χ3v) is 3.55. The maximum absolute atomic E-state index is 13.2. The number of nitrogens with one attached hydrogen (secondary N) is 2. The molecule has 0 saturated heterocycles. The molecular formula is C17H15FN2O3. The largest absolute Gasteiger partial charge is 0.497 e. The molecule has 0 aliphatic rings. The number of carbonyl (C=O) groups excluding carboxylic acids is 1. The van der Waals surface area contributed by atoms with Crippen LogP contribution < -0.4 is 14.8 Å². The van der Waals surface area contributed by atoms with E-state index in [9.17, 15) is 9.18 Å². The molecule has 0 aliphatic heterocycles. The van der Waals surface area contributed by atoms with Crippen molar-refractivity contribution in [2.24, 2.45) is 0 Å². The number of halogens is 1. The van der Waals surface area contributed by atoms with Gasteiger partial charge in [0.2, 0.25) is 0 Å². The molecule has 1 heterocycles. The maximum atomic E-state index is 13.2. The second-order valence-corrected chi connectivity index (χ2v) is 4.91. The molecule has 3 rings (SSSR count). The van der Waals surface area contributed by atoms with Gasteiger partial charge >= 0.3 is 0 Å². The number of benzene rings is 2. The SMILES string of the molecule is COc1ccc(NC(=O)c2c[nH]c3cc(F)ccc23)c(OC)c1. The van der Waals surface area contributed by atoms with Gasteiger partial charge in [0.15, 0.2) is 0 Å². The first-order valence-electron chi connectivity index (χ1n) is 6.92. The number of carbonyl (C=O) groups is 1. The number of amides is 1. The summed E-state index contributed by atoms with van der Waals surface area (Å²) >= 11 is 0. The Morgan fingerprint density at radius 1 is 1.13 bits per heavy atom. The van der Waals surface area contributed by atoms with Crippen LogP contribution in [0.4, 0.5) is 10.1 Å². The Morgan fingerprint density at radius 3 is 2.70 bits per heavy atom. The first-order valence-corrected chi connectivity index (χ1v) is 6.92. The molecule has 118 valence electrons. The predicted molar refractivity (Wildman–Crippen MR) is 85.8 cm³/mol. The minimum atomic E-state index is -0.358. The van der Waals surface area contributed by atoms with E-state index in [0.717, 1.165) is 0 Å². The van der Waals surface area contributed by atoms with Gasteiger partial charge in [-0.15, -0.1) is 0 Å². The molecule has 3 aromatic rings. The number of methoxy groups -OCH3 is 2. The molecule has 0 fully saturated rings. The summed E-state index contributed by atoms with van der Waals surface area (Å²) in [6.45, 7) is 0. The number of anilines is 1. The van der Waals surface area contributed by atoms with Gasteiger partial charge in [-0.05, 0) is 30.3 Å². The number of aromatic nitrogens is 1. The van der Waals surface area contributed by atoms with E-state index in [4.69, 9.17) is 9.47 Å². The van der Waals surface area contributed by atoms with Gasteiger partial charge in [0.05, 0.1) is 25.5 Å². The van der Waals surface area contributed by atoms with E-state index >= 15 is 0 Å². The zero-order valence-corrected chi connectivity index (χ0v) is 12.6. The number of H-pyrrole nitrogens is 1. The minimum Gasteiger partial charge on any atom is -0.497 e. The fourth-order valence-corrected chi connectivity index (χ4v) is 2.38. The lowest BCUT2D eigenvalue weighted by Gasteiger charge is -2.11. The Labute approximate surface area is 132 Å². The lowest BCUT2D eigenvalue weighted by Crippen LogP contribution is -2.12. The van der Waals surface area contributed by atoms with Crippen molar-refractivity contribution in [2.45, 2.75) is 0 Å². The second-order valence-electron chi connectivity index (χ2n) is 4.91. The van der Waals surface area contributed by atoms with E-state index < -0.39 is 0 Å². The zero-order chi connectivity index (χ0) is 16.4. The summed E-state index contributed by atoms with van der Waals surface area (Å²) in [5, 5.41) is 3.44. The molecule has 0 unspecified atom stereocenters. The Kier molecular flexibility index (Phi) is 3.89. The molecular weight excluding hydrogens is 299 g/mol. The summed E-state index contributed by atoms with van der Waals surface area (Å²) in [5.74, 6) is 0.445. The molecule has 0 aliphatic carbocycles. The smallest absolute Gasteiger partial charge is 0.257 e. The number of ether oxygens (including phenoxy) is 2. The molecule has 23 heavy (non-hydrogen) atoms. The fraction of sp³-hybridized carbons (Fsp3) is 0.118. The highest BCUT2D eigenvalue weighted by atomic mass is 19.1. The van der Waals surface area contributed by atoms with Gasteiger partial charge < -0.3 is 19.8 Å². The zero-order valence-electron chi connectivity index (χ0n) is 12.6. The van der Waals surface area contributed by atoms with Crippen molar-refractivity contribution >= 4 is 22.5 Å². The highest BCUT2D eigenvalue weighted by molar-refractivity contribution is 6.13. The Hall–Kier alpha value is -3.02. The average molecular weight is 314 g/mol. The lowest BCUT2D eigenvalue weighted by molar-refractivity contribution is 0.102. The Bertz CT molecular complexity index is 873. The van der Waals surface area contributed by atoms with Crippen LogP contribution in [0.25, 0.3) is 10.9 Å². The summed E-state index contributed by atoms with van der Waals surface area (Å²) in [7, 11) is 3.07. The van der Waals surface area contributed by atoms with E-state index in [1.807, 2.05) is 0 Å². The van der Waals surface area contributed by atoms with Gasteiger partial charge in [-0.2, -0.15) is 0 Å². The van der Waals surface area contributed by atoms with Crippen LogP contribution in [0.5, 0.6) is 11.5 Å². The third kappa shape index (κ3) is 2.83. The number of fused-ring (bicyclic) bond motifs is 1. The monoisotopic (exact) mass is 314 g/mol. The molecule has 0 spiro atoms. The van der Waals surface area contributed by atoms with E-state index in [2.05, 4.69) is 10.3 Å². The van der Waals surface area contributed by atoms with Crippen LogP contribution in [0.15, 0.2) is 42.6 Å². The van der Waals surface area contributed by atoms with Crippen molar-refractivity contribution < 1.29 is 18.7 Å². The Balaban J connectivity index is 1.92. The van der Waals surface area contributed by atoms with Crippen molar-refractivity contribution in [1.82, 2.24) is 4.98 Å². The topological polar surface area (TPSA) is 63.3 Å². The van der Waals surface area contributed by atoms with Crippen LogP contribution in [-0.4, -0.2) is 25.1 Å². The van der Waals surface area contributed by atoms with E-state index in [1.165, 1.54) is 19.2 Å². The quantitative estimate of drug-likeness (QED) is 0.774. The summed E-state index contributed by atoms with van der Waals surface area (Å²) in [6.07, 6.45) is 1.55. The van der Waals surface area contributed by atoms with Crippen LogP contribution in [0.1, 0.15) is 10.4 Å². The van der Waals surface area contributed by atoms with Crippen LogP contribution in [0.3, 0.4) is 0 Å². The van der Waals surface area contributed by atoms with Crippen LogP contribution in [0.2, 0.25) is 0 Å². The molecule has 0 saturated carbocycles. The van der Waals surface area contributed by atoms with Gasteiger partial charge in [0.1, 0.15) is 17.3 Å². The number of hydrogen-bond donors (Lipinski definition) is 2. The molecule has 6 heteroatoms. The molecule has 0 bridgehead atoms. The number of aromatic amines is 1. The molecule has 5 nitrogen and oxygen atoms in total. The third-order valence-electron chi connectivity index (χ3n) is 3.55. The summed E-state index contributed by atoms with van der Waals surface area (Å²) in [4.78, 5) is 15.4. The van der Waals surface area contributed by atoms with Gasteiger partial charge in [0, 0.05) is 23.2 Å². The summed E-state index contributed by atoms with van der Waals surface area (Å²) < 4.78 is 23.6. The lowest BCUT2D eigenvalue weighted by atomic mass is 10.1. The van der Waals surface area contributed by atoms with Crippen LogP contribution in [-0.2, 0) is 0 Å². The van der Waals surface area contributed by atoms with Crippen molar-refractivity contribution in [3.63, 3.8) is 0 Å². The summed E-state index contributed by atoms with van der Waals surface area (Å²) in [5.41, 5.74) is 1.52. The van der Waals surface area contributed by atoms with Gasteiger partial charge in [-0.25, -0.2) is 4.39 Å². The second kappa shape index (κ2) is 6.00. The first-order chi connectivity index (χ1) is 11.1. The first kappa shape index (κ1) is 14.9. The van der Waals surface area contributed by atoms with Crippen LogP contribution >= 0.6 is 0 Å². The standard InChI is InChI=1S/C17H15FN2O3/c1-22-11-4-6-14(16(8-11)23-2)20-17(21)13-9-19-15-7-10(18)3-5-12(13)15/h3-9,19H,1-2H3,(H,20,21). The molecule has 1 amide bonds. The predicted octanol–water partition coefficient (Wildman–Crippen LogP) is 3.58. The molecule has 2 aromatic carbocycles. The van der Waals surface area contributed by atoms with Crippen molar-refractivity contribution in [3.8, 4) is 11.5 Å². The van der Waals surface area contributed by atoms with Crippen molar-refractivity contribution in [1.29, 1.82) is 0 Å². The molecule has 2 N–H and O–H groups in total. The number of hydrogen-bond acceptors (Lipinski definition) is 3. The Morgan fingerprint density at radius 2 is 1.96 bits per heavy atom. The van der Waals surface area contributed by atoms with Crippen molar-refractivity contribution in [2.75, 3.05) is 19.5 Å². The molecule has 1 aromatic heterocycles. The molecule has 0 radical (unpaired) electrons.